The van der Waals surface area contributed by atoms with Gasteiger partial charge in [0.05, 0.1) is 0 Å². The van der Waals surface area contributed by atoms with E-state index in [1.807, 2.05) is 56.6 Å². The first-order chi connectivity index (χ1) is 6.30. The predicted molar refractivity (Wildman–Crippen MR) is 58.4 cm³/mol. The zero-order valence-corrected chi connectivity index (χ0v) is 9.60. The van der Waals surface area contributed by atoms with Gasteiger partial charge in [-0.3, -0.25) is 0 Å². The minimum atomic E-state index is 0. The van der Waals surface area contributed by atoms with Crippen molar-refractivity contribution < 1.29 is 17.1 Å². The molecule has 2 aromatic carbocycles. The average Bonchev–Trinajstić information content (AvgIpc) is 2.82. The maximum absolute atomic E-state index is 2.08. The molecule has 2 aromatic rings. The van der Waals surface area contributed by atoms with Crippen LogP contribution in [-0.2, 0) is 17.1 Å². The SMILES string of the molecule is CN(C)[c-]1cccc1.[Fe].[cH-]1[cH-][cH-][cH-][cH-]1. The monoisotopic (exact) mass is 229 g/mol. The number of anilines is 1. The van der Waals surface area contributed by atoms with Crippen LogP contribution in [0.15, 0.2) is 54.6 Å². The Labute approximate surface area is 96.6 Å². The maximum atomic E-state index is 2.08. The summed E-state index contributed by atoms with van der Waals surface area (Å²) in [6, 6.07) is 18.2. The first-order valence-electron chi connectivity index (χ1n) is 4.36. The van der Waals surface area contributed by atoms with Gasteiger partial charge in [-0.1, -0.05) is 5.69 Å². The Morgan fingerprint density at radius 2 is 1.21 bits per heavy atom. The van der Waals surface area contributed by atoms with E-state index >= 15 is 0 Å². The van der Waals surface area contributed by atoms with Gasteiger partial charge in [0.15, 0.2) is 0 Å². The van der Waals surface area contributed by atoms with Gasteiger partial charge in [-0.05, 0) is 14.1 Å². The van der Waals surface area contributed by atoms with Crippen LogP contribution in [0.5, 0.6) is 0 Å². The summed E-state index contributed by atoms with van der Waals surface area (Å²) in [5, 5.41) is 0. The molecule has 0 heterocycles. The zero-order chi connectivity index (χ0) is 9.52. The summed E-state index contributed by atoms with van der Waals surface area (Å²) in [5.74, 6) is 0. The van der Waals surface area contributed by atoms with E-state index in [4.69, 9.17) is 0 Å². The Bertz CT molecular complexity index is 265. The molecule has 82 valence electrons. The molecule has 2 rings (SSSR count). The molecule has 0 N–H and O–H groups in total. The predicted octanol–water partition coefficient (Wildman–Crippen LogP) is 2.87. The van der Waals surface area contributed by atoms with E-state index in [2.05, 4.69) is 17.0 Å². The molecule has 2 heteroatoms. The maximum Gasteiger partial charge on any atom is 0 e. The van der Waals surface area contributed by atoms with Crippen LogP contribution in [-0.4, -0.2) is 14.1 Å². The van der Waals surface area contributed by atoms with Crippen LogP contribution in [0.4, 0.5) is 5.69 Å². The van der Waals surface area contributed by atoms with Gasteiger partial charge in [0, 0.05) is 17.1 Å². The van der Waals surface area contributed by atoms with Crippen LogP contribution in [0.2, 0.25) is 0 Å². The van der Waals surface area contributed by atoms with Crippen molar-refractivity contribution in [2.45, 2.75) is 0 Å². The van der Waals surface area contributed by atoms with E-state index in [-0.39, 0.29) is 17.1 Å². The molecule has 0 aliphatic rings. The smallest absolute Gasteiger partial charge is 0 e. The minimum Gasteiger partial charge on any atom is -0.748 e. The van der Waals surface area contributed by atoms with Gasteiger partial charge in [0.1, 0.15) is 0 Å². The standard InChI is InChI=1S/C7H10N.C5H5.Fe/c1-8(2)7-5-3-4-6-7;1-2-4-5-3-1;/h3-6H,1-2H3;1-5H;/q-1;-5;. The third-order valence-corrected chi connectivity index (χ3v) is 1.72. The fourth-order valence-electron chi connectivity index (χ4n) is 0.983. The van der Waals surface area contributed by atoms with Crippen molar-refractivity contribution in [3.8, 4) is 0 Å². The van der Waals surface area contributed by atoms with E-state index in [9.17, 15) is 0 Å². The van der Waals surface area contributed by atoms with Crippen LogP contribution in [0, 0.1) is 0 Å². The molecule has 0 radical (unpaired) electrons. The van der Waals surface area contributed by atoms with Gasteiger partial charge in [0.2, 0.25) is 0 Å². The number of hydrogen-bond acceptors (Lipinski definition) is 1. The fraction of sp³-hybridized carbons (Fsp3) is 0.167. The first-order valence-corrected chi connectivity index (χ1v) is 4.36. The zero-order valence-electron chi connectivity index (χ0n) is 8.50. The topological polar surface area (TPSA) is 3.24 Å². The third kappa shape index (κ3) is 4.90. The molecule has 0 aliphatic carbocycles. The van der Waals surface area contributed by atoms with Crippen molar-refractivity contribution in [3.05, 3.63) is 54.6 Å². The Morgan fingerprint density at radius 1 is 0.857 bits per heavy atom. The van der Waals surface area contributed by atoms with E-state index in [1.165, 1.54) is 5.69 Å². The molecule has 0 saturated heterocycles. The summed E-state index contributed by atoms with van der Waals surface area (Å²) in [6.07, 6.45) is 0. The van der Waals surface area contributed by atoms with E-state index in [0.29, 0.717) is 0 Å². The van der Waals surface area contributed by atoms with Crippen molar-refractivity contribution in [1.82, 2.24) is 0 Å². The molecular weight excluding hydrogens is 214 g/mol. The molecular formula is C12H15FeN-6. The van der Waals surface area contributed by atoms with E-state index < -0.39 is 0 Å². The Morgan fingerprint density at radius 3 is 1.43 bits per heavy atom. The molecule has 0 amide bonds. The number of hydrogen-bond donors (Lipinski definition) is 0. The van der Waals surface area contributed by atoms with Crippen LogP contribution in [0.1, 0.15) is 0 Å². The third-order valence-electron chi connectivity index (χ3n) is 1.72. The molecule has 0 aromatic heterocycles. The number of rotatable bonds is 1. The van der Waals surface area contributed by atoms with Gasteiger partial charge >= 0.3 is 0 Å². The second kappa shape index (κ2) is 7.43. The summed E-state index contributed by atoms with van der Waals surface area (Å²) in [7, 11) is 4.07. The second-order valence-electron chi connectivity index (χ2n) is 3.00. The van der Waals surface area contributed by atoms with Crippen molar-refractivity contribution in [2.24, 2.45) is 0 Å². The van der Waals surface area contributed by atoms with Gasteiger partial charge in [-0.2, -0.15) is 12.1 Å². The summed E-state index contributed by atoms with van der Waals surface area (Å²) >= 11 is 0. The Balaban J connectivity index is 0.000000246. The van der Waals surface area contributed by atoms with E-state index in [0.717, 1.165) is 0 Å². The largest absolute Gasteiger partial charge is 0.748 e. The first kappa shape index (κ1) is 13.0. The minimum absolute atomic E-state index is 0. The second-order valence-corrected chi connectivity index (χ2v) is 3.00. The molecule has 0 bridgehead atoms. The van der Waals surface area contributed by atoms with Gasteiger partial charge in [0.25, 0.3) is 0 Å². The molecule has 0 atom stereocenters. The normalized spacial score (nSPS) is 8.14. The summed E-state index contributed by atoms with van der Waals surface area (Å²) in [6.45, 7) is 0. The van der Waals surface area contributed by atoms with Crippen LogP contribution >= 0.6 is 0 Å². The number of nitrogens with zero attached hydrogens (tertiary/aromatic N) is 1. The van der Waals surface area contributed by atoms with E-state index in [1.54, 1.807) is 0 Å². The molecule has 0 aliphatic heterocycles. The van der Waals surface area contributed by atoms with Crippen molar-refractivity contribution in [1.29, 1.82) is 0 Å². The van der Waals surface area contributed by atoms with Crippen molar-refractivity contribution in [3.63, 3.8) is 0 Å². The molecule has 0 spiro atoms. The molecule has 14 heavy (non-hydrogen) atoms. The van der Waals surface area contributed by atoms with Gasteiger partial charge < -0.3 is 35.2 Å². The fourth-order valence-corrected chi connectivity index (χ4v) is 0.983. The molecule has 1 nitrogen and oxygen atoms in total. The van der Waals surface area contributed by atoms with Crippen LogP contribution in [0.3, 0.4) is 0 Å². The van der Waals surface area contributed by atoms with Gasteiger partial charge in [-0.25, -0.2) is 12.1 Å². The van der Waals surface area contributed by atoms with Crippen LogP contribution < -0.4 is 4.90 Å². The molecule has 0 saturated carbocycles. The van der Waals surface area contributed by atoms with Crippen molar-refractivity contribution >= 4 is 5.69 Å². The summed E-state index contributed by atoms with van der Waals surface area (Å²) in [5.41, 5.74) is 1.27. The average molecular weight is 229 g/mol. The Hall–Kier alpha value is -0.981. The van der Waals surface area contributed by atoms with Crippen LogP contribution in [0.25, 0.3) is 0 Å². The Kier molecular flexibility index (Phi) is 6.91. The van der Waals surface area contributed by atoms with Gasteiger partial charge in [-0.15, -0.1) is 0 Å². The summed E-state index contributed by atoms with van der Waals surface area (Å²) in [4.78, 5) is 2.08. The van der Waals surface area contributed by atoms with Crippen molar-refractivity contribution in [2.75, 3.05) is 19.0 Å². The molecule has 0 fully saturated rings. The molecule has 0 unspecified atom stereocenters. The summed E-state index contributed by atoms with van der Waals surface area (Å²) < 4.78 is 0. The quantitative estimate of drug-likeness (QED) is 0.536.